The number of hydrogen-bond acceptors (Lipinski definition) is 5. The molecular weight excluding hydrogens is 425 g/mol. The van der Waals surface area contributed by atoms with Gasteiger partial charge in [0.25, 0.3) is 5.89 Å². The monoisotopic (exact) mass is 446 g/mol. The van der Waals surface area contributed by atoms with Crippen LogP contribution in [0, 0.1) is 0 Å². The molecule has 2 heterocycles. The van der Waals surface area contributed by atoms with Gasteiger partial charge < -0.3 is 19.5 Å². The largest absolute Gasteiger partial charge is 0.490 e. The quantitative estimate of drug-likeness (QED) is 0.464. The third-order valence-electron chi connectivity index (χ3n) is 4.55. The minimum absolute atomic E-state index is 0.543. The number of benzene rings is 2. The third-order valence-corrected chi connectivity index (χ3v) is 4.55. The molecule has 0 saturated carbocycles. The minimum Gasteiger partial charge on any atom is -0.475 e. The molecule has 0 spiro atoms. The van der Waals surface area contributed by atoms with E-state index in [2.05, 4.69) is 46.3 Å². The van der Waals surface area contributed by atoms with E-state index in [1.165, 1.54) is 5.56 Å². The number of rotatable bonds is 5. The summed E-state index contributed by atoms with van der Waals surface area (Å²) in [4.78, 5) is 18.9. The Morgan fingerprint density at radius 1 is 1.12 bits per heavy atom. The lowest BCUT2D eigenvalue weighted by molar-refractivity contribution is -0.192. The van der Waals surface area contributed by atoms with Crippen molar-refractivity contribution < 1.29 is 27.6 Å². The number of hydrogen-bond donors (Lipinski definition) is 2. The summed E-state index contributed by atoms with van der Waals surface area (Å²) in [6.45, 7) is 1.03. The molecule has 0 atom stereocenters. The van der Waals surface area contributed by atoms with Crippen LogP contribution < -0.4 is 0 Å². The first-order valence-electron chi connectivity index (χ1n) is 9.59. The van der Waals surface area contributed by atoms with Crippen LogP contribution in [0.2, 0.25) is 0 Å². The minimum atomic E-state index is -5.08. The average molecular weight is 446 g/mol. The molecule has 0 aliphatic carbocycles. The van der Waals surface area contributed by atoms with E-state index in [0.29, 0.717) is 11.7 Å². The van der Waals surface area contributed by atoms with Crippen LogP contribution in [-0.2, 0) is 11.2 Å². The molecule has 168 valence electrons. The Balaban J connectivity index is 0.000000360. The maximum atomic E-state index is 10.6. The first kappa shape index (κ1) is 23.0. The first-order valence-corrected chi connectivity index (χ1v) is 9.59. The molecule has 32 heavy (non-hydrogen) atoms. The number of aromatic amines is 1. The van der Waals surface area contributed by atoms with Crippen molar-refractivity contribution in [3.8, 4) is 22.8 Å². The van der Waals surface area contributed by atoms with Gasteiger partial charge in [0.2, 0.25) is 5.82 Å². The molecule has 0 unspecified atom stereocenters. The number of carbonyl (C=O) groups is 1. The zero-order valence-electron chi connectivity index (χ0n) is 17.3. The van der Waals surface area contributed by atoms with Gasteiger partial charge in [0.05, 0.1) is 0 Å². The topological polar surface area (TPSA) is 95.3 Å². The van der Waals surface area contributed by atoms with Crippen molar-refractivity contribution in [1.29, 1.82) is 0 Å². The van der Waals surface area contributed by atoms with Crippen molar-refractivity contribution in [2.45, 2.75) is 12.6 Å². The van der Waals surface area contributed by atoms with Gasteiger partial charge in [0, 0.05) is 34.8 Å². The second-order valence-electron chi connectivity index (χ2n) is 7.22. The number of alkyl halides is 3. The number of aliphatic carboxylic acids is 1. The molecular formula is C22H21F3N4O3. The number of halogens is 3. The summed E-state index contributed by atoms with van der Waals surface area (Å²) in [5.74, 6) is -1.61. The SMILES string of the molecule is CN(C)CCc1ccc(-c2nc(-c3cccc4[nH]ccc34)no2)cc1.O=C(O)C(F)(F)F. The van der Waals surface area contributed by atoms with E-state index in [1.54, 1.807) is 0 Å². The highest BCUT2D eigenvalue weighted by Gasteiger charge is 2.38. The summed E-state index contributed by atoms with van der Waals surface area (Å²) >= 11 is 0. The third kappa shape index (κ3) is 5.73. The van der Waals surface area contributed by atoms with Gasteiger partial charge in [-0.25, -0.2) is 4.79 Å². The Morgan fingerprint density at radius 3 is 2.44 bits per heavy atom. The Hall–Kier alpha value is -3.66. The second kappa shape index (κ2) is 9.65. The Labute approximate surface area is 181 Å². The fraction of sp³-hybridized carbons (Fsp3) is 0.227. The van der Waals surface area contributed by atoms with Crippen LogP contribution in [0.3, 0.4) is 0 Å². The summed E-state index contributed by atoms with van der Waals surface area (Å²) in [6.07, 6.45) is -2.14. The molecule has 0 aliphatic heterocycles. The van der Waals surface area contributed by atoms with E-state index < -0.39 is 12.1 Å². The lowest BCUT2D eigenvalue weighted by Gasteiger charge is -2.08. The molecule has 2 N–H and O–H groups in total. The highest BCUT2D eigenvalue weighted by atomic mass is 19.4. The number of H-pyrrole nitrogens is 1. The van der Waals surface area contributed by atoms with Gasteiger partial charge in [-0.1, -0.05) is 29.4 Å². The second-order valence-corrected chi connectivity index (χ2v) is 7.22. The van der Waals surface area contributed by atoms with Crippen LogP contribution in [0.4, 0.5) is 13.2 Å². The van der Waals surface area contributed by atoms with Gasteiger partial charge in [-0.15, -0.1) is 0 Å². The molecule has 0 aliphatic rings. The summed E-state index contributed by atoms with van der Waals surface area (Å²) < 4.78 is 37.2. The number of fused-ring (bicyclic) bond motifs is 1. The standard InChI is InChI=1S/C20H20N4O.C2HF3O2/c1-24(2)13-11-14-6-8-15(9-7-14)20-22-19(23-25-20)17-4-3-5-18-16(17)10-12-21-18;3-2(4,5)1(6)7/h3-10,12,21H,11,13H2,1-2H3;(H,6,7). The number of nitrogens with one attached hydrogen (secondary N) is 1. The summed E-state index contributed by atoms with van der Waals surface area (Å²) in [5.41, 5.74) is 4.27. The normalized spacial score (nSPS) is 11.4. The molecule has 2 aromatic carbocycles. The van der Waals surface area contributed by atoms with E-state index in [1.807, 2.05) is 42.6 Å². The molecule has 2 aromatic heterocycles. The van der Waals surface area contributed by atoms with Crippen molar-refractivity contribution in [3.05, 3.63) is 60.3 Å². The van der Waals surface area contributed by atoms with Crippen molar-refractivity contribution in [2.24, 2.45) is 0 Å². The lowest BCUT2D eigenvalue weighted by atomic mass is 10.1. The van der Waals surface area contributed by atoms with Gasteiger partial charge in [0.1, 0.15) is 0 Å². The molecule has 0 saturated heterocycles. The Kier molecular flexibility index (Phi) is 6.94. The molecule has 10 heteroatoms. The number of likely N-dealkylation sites (N-methyl/N-ethyl adjacent to an activating group) is 1. The molecule has 0 amide bonds. The van der Waals surface area contributed by atoms with E-state index in [9.17, 15) is 13.2 Å². The number of aromatic nitrogens is 3. The van der Waals surface area contributed by atoms with Gasteiger partial charge >= 0.3 is 12.1 Å². The van der Waals surface area contributed by atoms with Crippen LogP contribution in [0.5, 0.6) is 0 Å². The van der Waals surface area contributed by atoms with Crippen molar-refractivity contribution in [3.63, 3.8) is 0 Å². The van der Waals surface area contributed by atoms with E-state index in [4.69, 9.17) is 14.4 Å². The highest BCUT2D eigenvalue weighted by Crippen LogP contribution is 2.28. The first-order chi connectivity index (χ1) is 15.1. The number of carboxylic acids is 1. The zero-order chi connectivity index (χ0) is 23.3. The maximum absolute atomic E-state index is 10.6. The van der Waals surface area contributed by atoms with Crippen molar-refractivity contribution >= 4 is 16.9 Å². The van der Waals surface area contributed by atoms with Crippen LogP contribution in [-0.4, -0.2) is 57.9 Å². The lowest BCUT2D eigenvalue weighted by Crippen LogP contribution is -2.21. The Bertz CT molecular complexity index is 1180. The average Bonchev–Trinajstić information content (AvgIpc) is 3.42. The predicted molar refractivity (Wildman–Crippen MR) is 113 cm³/mol. The van der Waals surface area contributed by atoms with Crippen molar-refractivity contribution in [2.75, 3.05) is 20.6 Å². The summed E-state index contributed by atoms with van der Waals surface area (Å²) in [5, 5.41) is 12.4. The van der Waals surface area contributed by atoms with Crippen LogP contribution in [0.1, 0.15) is 5.56 Å². The van der Waals surface area contributed by atoms with E-state index >= 15 is 0 Å². The van der Waals surface area contributed by atoms with Crippen LogP contribution in [0.15, 0.2) is 59.3 Å². The maximum Gasteiger partial charge on any atom is 0.490 e. The number of nitrogens with zero attached hydrogens (tertiary/aromatic N) is 3. The fourth-order valence-electron chi connectivity index (χ4n) is 2.90. The molecule has 4 rings (SSSR count). The Morgan fingerprint density at radius 2 is 1.81 bits per heavy atom. The van der Waals surface area contributed by atoms with Gasteiger partial charge in [-0.2, -0.15) is 18.2 Å². The van der Waals surface area contributed by atoms with Crippen molar-refractivity contribution in [1.82, 2.24) is 20.0 Å². The van der Waals surface area contributed by atoms with Crippen LogP contribution in [0.25, 0.3) is 33.7 Å². The van der Waals surface area contributed by atoms with E-state index in [-0.39, 0.29) is 0 Å². The van der Waals surface area contributed by atoms with Gasteiger partial charge in [-0.3, -0.25) is 0 Å². The fourth-order valence-corrected chi connectivity index (χ4v) is 2.90. The van der Waals surface area contributed by atoms with Crippen LogP contribution >= 0.6 is 0 Å². The molecule has 0 fully saturated rings. The smallest absolute Gasteiger partial charge is 0.475 e. The predicted octanol–water partition coefficient (Wildman–Crippen LogP) is 4.62. The number of carboxylic acid groups (broad SMARTS) is 1. The van der Waals surface area contributed by atoms with Gasteiger partial charge in [-0.05, 0) is 50.3 Å². The summed E-state index contributed by atoms with van der Waals surface area (Å²) in [6, 6.07) is 16.4. The van der Waals surface area contributed by atoms with Gasteiger partial charge in [0.15, 0.2) is 0 Å². The summed E-state index contributed by atoms with van der Waals surface area (Å²) in [7, 11) is 4.17. The van der Waals surface area contributed by atoms with E-state index in [0.717, 1.165) is 35.0 Å². The molecule has 0 radical (unpaired) electrons. The zero-order valence-corrected chi connectivity index (χ0v) is 17.3. The molecule has 7 nitrogen and oxygen atoms in total. The molecule has 4 aromatic rings. The highest BCUT2D eigenvalue weighted by molar-refractivity contribution is 5.93. The molecule has 0 bridgehead atoms.